The van der Waals surface area contributed by atoms with Crippen LogP contribution in [-0.2, 0) is 14.0 Å². The van der Waals surface area contributed by atoms with Crippen LogP contribution in [0.4, 0.5) is 0 Å². The third-order valence-corrected chi connectivity index (χ3v) is 2.60. The topological polar surface area (TPSA) is 35.5 Å². The summed E-state index contributed by atoms with van der Waals surface area (Å²) in [6.45, 7) is 9.37. The van der Waals surface area contributed by atoms with Crippen LogP contribution in [-0.4, -0.2) is 27.6 Å². The first-order valence-electron chi connectivity index (χ1n) is 4.22. The molecule has 0 aromatic heterocycles. The minimum atomic E-state index is -0.398. The average Bonchev–Trinajstić information content (AvgIpc) is 2.12. The first kappa shape index (κ1) is 12.4. The summed E-state index contributed by atoms with van der Waals surface area (Å²) in [5.41, 5.74) is -0.126. The number of carbonyl (C=O) groups excluding carboxylic acids is 1. The van der Waals surface area contributed by atoms with E-state index in [1.54, 1.807) is 0 Å². The third-order valence-electron chi connectivity index (χ3n) is 1.64. The van der Waals surface area contributed by atoms with Crippen molar-refractivity contribution in [2.24, 2.45) is 0 Å². The van der Waals surface area contributed by atoms with Crippen molar-refractivity contribution in [3.63, 3.8) is 0 Å². The first-order valence-corrected chi connectivity index (χ1v) is 5.33. The Hall–Kier alpha value is -0.613. The van der Waals surface area contributed by atoms with Gasteiger partial charge in [-0.15, -0.1) is 0 Å². The smallest absolute Gasteiger partial charge is 0.329 e. The van der Waals surface area contributed by atoms with Gasteiger partial charge in [0.2, 0.25) is 0 Å². The number of ether oxygens (including phenoxy) is 1. The Bertz CT molecular complexity index is 178. The van der Waals surface area contributed by atoms with Gasteiger partial charge in [0.15, 0.2) is 0 Å². The lowest BCUT2D eigenvalue weighted by Crippen LogP contribution is -2.27. The van der Waals surface area contributed by atoms with E-state index in [1.807, 2.05) is 13.8 Å². The van der Waals surface area contributed by atoms with Crippen LogP contribution in [0.15, 0.2) is 12.7 Å². The summed E-state index contributed by atoms with van der Waals surface area (Å²) < 4.78 is 10.3. The summed E-state index contributed by atoms with van der Waals surface area (Å²) in [4.78, 5) is 10.6. The Morgan fingerprint density at radius 2 is 2.23 bits per heavy atom. The zero-order valence-electron chi connectivity index (χ0n) is 8.42. The zero-order valence-corrected chi connectivity index (χ0v) is 9.42. The molecular formula is C9H16O3Si. The molecule has 4 heteroatoms. The van der Waals surface area contributed by atoms with E-state index in [-0.39, 0.29) is 15.4 Å². The van der Waals surface area contributed by atoms with Gasteiger partial charge in [-0.05, 0) is 20.3 Å². The van der Waals surface area contributed by atoms with Crippen molar-refractivity contribution in [3.05, 3.63) is 12.7 Å². The Kier molecular flexibility index (Phi) is 5.66. The van der Waals surface area contributed by atoms with Gasteiger partial charge in [0.25, 0.3) is 9.76 Å². The van der Waals surface area contributed by atoms with Crippen molar-refractivity contribution in [2.45, 2.75) is 32.8 Å². The predicted molar refractivity (Wildman–Crippen MR) is 52.4 cm³/mol. The van der Waals surface area contributed by atoms with Gasteiger partial charge in [0.05, 0.1) is 5.60 Å². The van der Waals surface area contributed by atoms with Crippen molar-refractivity contribution in [3.8, 4) is 0 Å². The molecule has 0 saturated carbocycles. The summed E-state index contributed by atoms with van der Waals surface area (Å²) >= 11 is 0. The molecule has 13 heavy (non-hydrogen) atoms. The molecule has 0 aliphatic heterocycles. The van der Waals surface area contributed by atoms with E-state index in [4.69, 9.17) is 9.16 Å². The maximum absolute atomic E-state index is 10.6. The Morgan fingerprint density at radius 3 is 2.69 bits per heavy atom. The fraction of sp³-hybridized carbons (Fsp3) is 0.667. The molecule has 0 aliphatic carbocycles. The van der Waals surface area contributed by atoms with Gasteiger partial charge in [-0.3, -0.25) is 0 Å². The summed E-state index contributed by atoms with van der Waals surface area (Å²) in [5.74, 6) is -0.398. The van der Waals surface area contributed by atoms with Crippen LogP contribution in [0.5, 0.6) is 0 Å². The highest BCUT2D eigenvalue weighted by molar-refractivity contribution is 6.27. The van der Waals surface area contributed by atoms with Gasteiger partial charge in [0.1, 0.15) is 6.23 Å². The van der Waals surface area contributed by atoms with Gasteiger partial charge < -0.3 is 9.16 Å². The lowest BCUT2D eigenvalue weighted by molar-refractivity contribution is -0.136. The molecule has 3 nitrogen and oxygen atoms in total. The molecule has 0 aromatic carbocycles. The van der Waals surface area contributed by atoms with Crippen LogP contribution < -0.4 is 0 Å². The highest BCUT2D eigenvalue weighted by Crippen LogP contribution is 2.11. The van der Waals surface area contributed by atoms with Crippen molar-refractivity contribution in [1.82, 2.24) is 0 Å². The molecule has 0 fully saturated rings. The molecule has 0 unspecified atom stereocenters. The van der Waals surface area contributed by atoms with Crippen molar-refractivity contribution in [2.75, 3.05) is 6.23 Å². The van der Waals surface area contributed by atoms with Crippen LogP contribution in [0.2, 0.25) is 0 Å². The summed E-state index contributed by atoms with van der Waals surface area (Å²) in [6.07, 6.45) is 2.40. The van der Waals surface area contributed by atoms with E-state index in [0.29, 0.717) is 6.23 Å². The molecule has 0 saturated heterocycles. The quantitative estimate of drug-likeness (QED) is 0.282. The van der Waals surface area contributed by atoms with Crippen LogP contribution in [0, 0.1) is 0 Å². The second-order valence-electron chi connectivity index (χ2n) is 3.17. The van der Waals surface area contributed by atoms with Crippen molar-refractivity contribution < 1.29 is 14.0 Å². The number of hydrogen-bond donors (Lipinski definition) is 0. The monoisotopic (exact) mass is 200 g/mol. The van der Waals surface area contributed by atoms with Crippen LogP contribution >= 0.6 is 0 Å². The average molecular weight is 200 g/mol. The molecule has 0 N–H and O–H groups in total. The Labute approximate surface area is 82.1 Å². The molecule has 0 aliphatic rings. The molecule has 0 aromatic rings. The van der Waals surface area contributed by atoms with Crippen LogP contribution in [0.25, 0.3) is 0 Å². The Balaban J connectivity index is 3.46. The molecule has 0 heterocycles. The van der Waals surface area contributed by atoms with E-state index in [9.17, 15) is 4.79 Å². The van der Waals surface area contributed by atoms with E-state index in [0.717, 1.165) is 12.5 Å². The number of esters is 1. The lowest BCUT2D eigenvalue weighted by Gasteiger charge is -2.22. The molecule has 74 valence electrons. The zero-order chi connectivity index (χ0) is 10.3. The van der Waals surface area contributed by atoms with Gasteiger partial charge in [-0.25, -0.2) is 4.79 Å². The molecule has 0 atom stereocenters. The largest absolute Gasteiger partial charge is 0.464 e. The summed E-state index contributed by atoms with van der Waals surface area (Å²) in [5, 5.41) is 0. The summed E-state index contributed by atoms with van der Waals surface area (Å²) in [6, 6.07) is 0. The van der Waals surface area contributed by atoms with Crippen LogP contribution in [0.3, 0.4) is 0 Å². The fourth-order valence-electron chi connectivity index (χ4n) is 0.457. The van der Waals surface area contributed by atoms with E-state index in [2.05, 4.69) is 13.5 Å². The first-order chi connectivity index (χ1) is 6.02. The Morgan fingerprint density at radius 1 is 1.62 bits per heavy atom. The fourth-order valence-corrected chi connectivity index (χ4v) is 1.25. The van der Waals surface area contributed by atoms with Crippen molar-refractivity contribution in [1.29, 1.82) is 0 Å². The highest BCUT2D eigenvalue weighted by Gasteiger charge is 2.15. The number of hydrogen-bond acceptors (Lipinski definition) is 3. The highest BCUT2D eigenvalue weighted by atomic mass is 28.2. The maximum atomic E-state index is 10.6. The second kappa shape index (κ2) is 5.94. The predicted octanol–water partition coefficient (Wildman–Crippen LogP) is 1.50. The number of carbonyl (C=O) groups is 1. The SMILES string of the molecule is C=CC(=O)OC[Si]OC(C)(C)CC. The molecular weight excluding hydrogens is 184 g/mol. The normalized spacial score (nSPS) is 11.0. The molecule has 0 bridgehead atoms. The maximum Gasteiger partial charge on any atom is 0.329 e. The van der Waals surface area contributed by atoms with Gasteiger partial charge in [-0.2, -0.15) is 0 Å². The lowest BCUT2D eigenvalue weighted by atomic mass is 10.1. The van der Waals surface area contributed by atoms with Crippen molar-refractivity contribution >= 4 is 15.7 Å². The minimum absolute atomic E-state index is 0.126. The van der Waals surface area contributed by atoms with E-state index < -0.39 is 5.97 Å². The van der Waals surface area contributed by atoms with Crippen LogP contribution in [0.1, 0.15) is 27.2 Å². The molecule has 2 radical (unpaired) electrons. The minimum Gasteiger partial charge on any atom is -0.464 e. The summed E-state index contributed by atoms with van der Waals surface area (Å²) in [7, 11) is 0.195. The standard InChI is InChI=1S/C9H16O3Si/c1-5-8(10)11-7-13-12-9(3,4)6-2/h5H,1,6-7H2,2-4H3. The second-order valence-corrected chi connectivity index (χ2v) is 3.95. The number of rotatable bonds is 6. The third kappa shape index (κ3) is 6.54. The van der Waals surface area contributed by atoms with Gasteiger partial charge in [0, 0.05) is 6.08 Å². The molecule has 0 spiro atoms. The van der Waals surface area contributed by atoms with E-state index >= 15 is 0 Å². The molecule has 0 rings (SSSR count). The van der Waals surface area contributed by atoms with Gasteiger partial charge >= 0.3 is 5.97 Å². The molecule has 0 amide bonds. The van der Waals surface area contributed by atoms with E-state index in [1.165, 1.54) is 0 Å². The van der Waals surface area contributed by atoms with Gasteiger partial charge in [-0.1, -0.05) is 13.5 Å².